The lowest BCUT2D eigenvalue weighted by atomic mass is 10.1. The summed E-state index contributed by atoms with van der Waals surface area (Å²) in [6, 6.07) is 6.78. The Hall–Kier alpha value is -1.55. The van der Waals surface area contributed by atoms with Gasteiger partial charge in [-0.15, -0.1) is 0 Å². The van der Waals surface area contributed by atoms with E-state index in [0.717, 1.165) is 18.3 Å². The molecule has 0 radical (unpaired) electrons. The average molecular weight is 261 g/mol. The van der Waals surface area contributed by atoms with Crippen molar-refractivity contribution >= 4 is 17.2 Å². The fourth-order valence-electron chi connectivity index (χ4n) is 2.22. The zero-order valence-corrected chi connectivity index (χ0v) is 11.9. The Morgan fingerprint density at radius 3 is 2.79 bits per heavy atom. The minimum Gasteiger partial charge on any atom is -0.398 e. The van der Waals surface area contributed by atoms with Gasteiger partial charge in [0.05, 0.1) is 0 Å². The lowest BCUT2D eigenvalue weighted by Gasteiger charge is -2.25. The van der Waals surface area contributed by atoms with Gasteiger partial charge in [-0.2, -0.15) is 0 Å². The number of ketones is 1. The second-order valence-corrected chi connectivity index (χ2v) is 5.48. The molecule has 2 rings (SSSR count). The average Bonchev–Trinajstić information content (AvgIpc) is 3.20. The first-order valence-corrected chi connectivity index (χ1v) is 6.85. The fourth-order valence-corrected chi connectivity index (χ4v) is 2.22. The van der Waals surface area contributed by atoms with Gasteiger partial charge in [-0.3, -0.25) is 9.69 Å². The Morgan fingerprint density at radius 2 is 2.21 bits per heavy atom. The highest BCUT2D eigenvalue weighted by molar-refractivity contribution is 5.99. The summed E-state index contributed by atoms with van der Waals surface area (Å²) in [5.74, 6) is 0.00398. The van der Waals surface area contributed by atoms with Crippen molar-refractivity contribution in [2.45, 2.75) is 38.8 Å². The second kappa shape index (κ2) is 5.61. The fraction of sp³-hybridized carbons (Fsp3) is 0.533. The molecule has 0 spiro atoms. The van der Waals surface area contributed by atoms with Crippen molar-refractivity contribution < 1.29 is 4.79 Å². The minimum atomic E-state index is 0.00398. The normalized spacial score (nSPS) is 16.4. The van der Waals surface area contributed by atoms with Crippen molar-refractivity contribution in [3.05, 3.63) is 23.8 Å². The zero-order valence-electron chi connectivity index (χ0n) is 11.9. The Bertz CT molecular complexity index is 468. The number of likely N-dealkylation sites (N-methyl/N-ethyl adjacent to an activating group) is 1. The molecule has 1 aliphatic rings. The molecule has 19 heavy (non-hydrogen) atoms. The maximum absolute atomic E-state index is 11.4. The highest BCUT2D eigenvalue weighted by Crippen LogP contribution is 2.27. The number of benzene rings is 1. The van der Waals surface area contributed by atoms with Gasteiger partial charge in [0.1, 0.15) is 0 Å². The van der Waals surface area contributed by atoms with Crippen LogP contribution < -0.4 is 11.1 Å². The molecule has 0 aliphatic heterocycles. The molecule has 1 aromatic rings. The largest absolute Gasteiger partial charge is 0.398 e. The van der Waals surface area contributed by atoms with Crippen molar-refractivity contribution in [3.8, 4) is 0 Å². The van der Waals surface area contributed by atoms with E-state index in [1.807, 2.05) is 12.1 Å². The van der Waals surface area contributed by atoms with Gasteiger partial charge < -0.3 is 11.1 Å². The molecule has 0 amide bonds. The van der Waals surface area contributed by atoms with Crippen LogP contribution in [0.1, 0.15) is 37.0 Å². The van der Waals surface area contributed by atoms with Gasteiger partial charge in [0.25, 0.3) is 0 Å². The number of nitrogens with zero attached hydrogens (tertiary/aromatic N) is 1. The van der Waals surface area contributed by atoms with Crippen LogP contribution in [-0.2, 0) is 0 Å². The molecular formula is C15H23N3O. The molecule has 1 fully saturated rings. The molecule has 1 unspecified atom stereocenters. The monoisotopic (exact) mass is 261 g/mol. The van der Waals surface area contributed by atoms with E-state index in [4.69, 9.17) is 5.73 Å². The summed E-state index contributed by atoms with van der Waals surface area (Å²) in [5.41, 5.74) is 7.87. The molecule has 1 aromatic carbocycles. The summed E-state index contributed by atoms with van der Waals surface area (Å²) < 4.78 is 0. The molecule has 4 nitrogen and oxygen atoms in total. The van der Waals surface area contributed by atoms with Crippen molar-refractivity contribution in [2.75, 3.05) is 24.6 Å². The van der Waals surface area contributed by atoms with E-state index >= 15 is 0 Å². The summed E-state index contributed by atoms with van der Waals surface area (Å²) in [6.45, 7) is 4.63. The first-order chi connectivity index (χ1) is 8.99. The van der Waals surface area contributed by atoms with Gasteiger partial charge in [-0.25, -0.2) is 0 Å². The van der Waals surface area contributed by atoms with Crippen molar-refractivity contribution in [1.82, 2.24) is 4.90 Å². The topological polar surface area (TPSA) is 58.4 Å². The Balaban J connectivity index is 1.95. The summed E-state index contributed by atoms with van der Waals surface area (Å²) >= 11 is 0. The number of nitrogens with two attached hydrogens (primary N) is 1. The number of nitrogens with one attached hydrogen (secondary N) is 1. The lowest BCUT2D eigenvalue weighted by molar-refractivity contribution is 0.101. The van der Waals surface area contributed by atoms with Crippen LogP contribution in [0.15, 0.2) is 18.2 Å². The molecule has 0 bridgehead atoms. The molecule has 4 heteroatoms. The van der Waals surface area contributed by atoms with E-state index in [0.29, 0.717) is 17.3 Å². The van der Waals surface area contributed by atoms with Crippen LogP contribution >= 0.6 is 0 Å². The summed E-state index contributed by atoms with van der Waals surface area (Å²) in [6.07, 6.45) is 2.63. The van der Waals surface area contributed by atoms with E-state index < -0.39 is 0 Å². The van der Waals surface area contributed by atoms with E-state index in [-0.39, 0.29) is 5.78 Å². The molecule has 1 atom stereocenters. The molecule has 104 valence electrons. The van der Waals surface area contributed by atoms with Crippen molar-refractivity contribution in [1.29, 1.82) is 0 Å². The van der Waals surface area contributed by atoms with Crippen molar-refractivity contribution in [2.24, 2.45) is 0 Å². The third-order valence-electron chi connectivity index (χ3n) is 3.85. The second-order valence-electron chi connectivity index (χ2n) is 5.48. The third-order valence-corrected chi connectivity index (χ3v) is 3.85. The quantitative estimate of drug-likeness (QED) is 0.609. The number of hydrogen-bond donors (Lipinski definition) is 2. The third kappa shape index (κ3) is 3.47. The van der Waals surface area contributed by atoms with Crippen LogP contribution in [0.4, 0.5) is 11.4 Å². The maximum atomic E-state index is 11.4. The van der Waals surface area contributed by atoms with Crippen LogP contribution in [0.25, 0.3) is 0 Å². The van der Waals surface area contributed by atoms with Crippen LogP contribution in [-0.4, -0.2) is 36.4 Å². The first kappa shape index (κ1) is 13.9. The first-order valence-electron chi connectivity index (χ1n) is 6.85. The van der Waals surface area contributed by atoms with Crippen LogP contribution in [0, 0.1) is 0 Å². The van der Waals surface area contributed by atoms with E-state index in [2.05, 4.69) is 24.2 Å². The number of anilines is 2. The number of carbonyl (C=O) groups excluding carboxylic acids is 1. The van der Waals surface area contributed by atoms with Gasteiger partial charge in [0, 0.05) is 35.6 Å². The number of rotatable bonds is 6. The Kier molecular flexibility index (Phi) is 4.10. The predicted molar refractivity (Wildman–Crippen MR) is 79.6 cm³/mol. The lowest BCUT2D eigenvalue weighted by Crippen LogP contribution is -2.36. The SMILES string of the molecule is CC(=O)c1cc(NCC(C)N(C)C2CC2)ccc1N. The van der Waals surface area contributed by atoms with Crippen molar-refractivity contribution in [3.63, 3.8) is 0 Å². The highest BCUT2D eigenvalue weighted by atomic mass is 16.1. The smallest absolute Gasteiger partial charge is 0.161 e. The number of Topliss-reactive ketones (excluding diaryl/α,β-unsaturated/α-hetero) is 1. The number of nitrogen functional groups attached to an aromatic ring is 1. The zero-order chi connectivity index (χ0) is 14.0. The van der Waals surface area contributed by atoms with Gasteiger partial charge in [0.2, 0.25) is 0 Å². The Morgan fingerprint density at radius 1 is 1.53 bits per heavy atom. The predicted octanol–water partition coefficient (Wildman–Crippen LogP) is 2.37. The van der Waals surface area contributed by atoms with Gasteiger partial charge in [-0.05, 0) is 51.9 Å². The molecule has 0 heterocycles. The molecule has 1 saturated carbocycles. The van der Waals surface area contributed by atoms with Crippen LogP contribution in [0.5, 0.6) is 0 Å². The summed E-state index contributed by atoms with van der Waals surface area (Å²) in [5, 5.41) is 3.38. The molecule has 3 N–H and O–H groups in total. The standard InChI is InChI=1S/C15H23N3O/c1-10(18(3)13-5-6-13)9-17-12-4-7-15(16)14(8-12)11(2)19/h4,7-8,10,13,17H,5-6,9,16H2,1-3H3. The van der Waals surface area contributed by atoms with E-state index in [1.165, 1.54) is 12.8 Å². The van der Waals surface area contributed by atoms with E-state index in [9.17, 15) is 4.79 Å². The summed E-state index contributed by atoms with van der Waals surface area (Å²) in [4.78, 5) is 13.9. The molecular weight excluding hydrogens is 238 g/mol. The molecule has 1 aliphatic carbocycles. The number of hydrogen-bond acceptors (Lipinski definition) is 4. The van der Waals surface area contributed by atoms with Gasteiger partial charge in [0.15, 0.2) is 5.78 Å². The molecule has 0 aromatic heterocycles. The molecule has 0 saturated heterocycles. The van der Waals surface area contributed by atoms with Crippen LogP contribution in [0.3, 0.4) is 0 Å². The van der Waals surface area contributed by atoms with Crippen LogP contribution in [0.2, 0.25) is 0 Å². The number of carbonyl (C=O) groups is 1. The minimum absolute atomic E-state index is 0.00398. The maximum Gasteiger partial charge on any atom is 0.161 e. The summed E-state index contributed by atoms with van der Waals surface area (Å²) in [7, 11) is 2.17. The Labute approximate surface area is 115 Å². The van der Waals surface area contributed by atoms with Gasteiger partial charge >= 0.3 is 0 Å². The van der Waals surface area contributed by atoms with E-state index in [1.54, 1.807) is 13.0 Å². The van der Waals surface area contributed by atoms with Gasteiger partial charge in [-0.1, -0.05) is 0 Å². The highest BCUT2D eigenvalue weighted by Gasteiger charge is 2.28.